The summed E-state index contributed by atoms with van der Waals surface area (Å²) in [6, 6.07) is 18.8. The van der Waals surface area contributed by atoms with E-state index >= 15 is 0 Å². The molecule has 0 radical (unpaired) electrons. The van der Waals surface area contributed by atoms with E-state index < -0.39 is 11.9 Å². The molecule has 0 saturated heterocycles. The lowest BCUT2D eigenvalue weighted by molar-refractivity contribution is -0.139. The maximum absolute atomic E-state index is 13.3. The van der Waals surface area contributed by atoms with Gasteiger partial charge < -0.3 is 20.0 Å². The SMILES string of the molecule is CC(C)C[C@H](NC(=O)[C@@H](CC(=O)O)c1ccn(-c2ccc(-c3ccc(C#N)cc3)cc2)c1)c1ncc[nH]1. The number of hydrogen-bond acceptors (Lipinski definition) is 4. The third-order valence-corrected chi connectivity index (χ3v) is 6.20. The minimum Gasteiger partial charge on any atom is -0.481 e. The molecule has 4 rings (SSSR count). The van der Waals surface area contributed by atoms with Crippen molar-refractivity contribution >= 4 is 11.9 Å². The molecule has 2 atom stereocenters. The smallest absolute Gasteiger partial charge is 0.304 e. The lowest BCUT2D eigenvalue weighted by Gasteiger charge is -2.22. The largest absolute Gasteiger partial charge is 0.481 e. The summed E-state index contributed by atoms with van der Waals surface area (Å²) in [6.45, 7) is 4.12. The fourth-order valence-electron chi connectivity index (χ4n) is 4.33. The molecule has 2 heterocycles. The summed E-state index contributed by atoms with van der Waals surface area (Å²) >= 11 is 0. The van der Waals surface area contributed by atoms with Gasteiger partial charge in [-0.25, -0.2) is 4.98 Å². The molecule has 0 unspecified atom stereocenters. The fourth-order valence-corrected chi connectivity index (χ4v) is 4.33. The van der Waals surface area contributed by atoms with Crippen molar-refractivity contribution in [1.29, 1.82) is 5.26 Å². The Morgan fingerprint density at radius 2 is 1.76 bits per heavy atom. The van der Waals surface area contributed by atoms with Gasteiger partial charge in [0.1, 0.15) is 5.82 Å². The van der Waals surface area contributed by atoms with Crippen LogP contribution in [0.25, 0.3) is 16.8 Å². The Morgan fingerprint density at radius 1 is 1.08 bits per heavy atom. The van der Waals surface area contributed by atoms with E-state index in [1.54, 1.807) is 36.8 Å². The highest BCUT2D eigenvalue weighted by Crippen LogP contribution is 2.27. The molecule has 37 heavy (non-hydrogen) atoms. The summed E-state index contributed by atoms with van der Waals surface area (Å²) in [7, 11) is 0. The van der Waals surface area contributed by atoms with E-state index in [1.165, 1.54) is 0 Å². The first-order valence-corrected chi connectivity index (χ1v) is 12.1. The van der Waals surface area contributed by atoms with Crippen LogP contribution in [0.1, 0.15) is 55.6 Å². The average Bonchev–Trinajstić information content (AvgIpc) is 3.60. The molecule has 0 saturated carbocycles. The number of imidazole rings is 1. The van der Waals surface area contributed by atoms with E-state index in [9.17, 15) is 14.7 Å². The predicted octanol–water partition coefficient (Wildman–Crippen LogP) is 5.20. The van der Waals surface area contributed by atoms with Gasteiger partial charge in [-0.3, -0.25) is 9.59 Å². The number of nitrogens with zero attached hydrogens (tertiary/aromatic N) is 3. The topological polar surface area (TPSA) is 124 Å². The quantitative estimate of drug-likeness (QED) is 0.279. The molecule has 0 spiro atoms. The Morgan fingerprint density at radius 3 is 2.32 bits per heavy atom. The molecule has 4 aromatic rings. The van der Waals surface area contributed by atoms with Crippen molar-refractivity contribution in [1.82, 2.24) is 19.9 Å². The predicted molar refractivity (Wildman–Crippen MR) is 140 cm³/mol. The summed E-state index contributed by atoms with van der Waals surface area (Å²) < 4.78 is 1.87. The number of nitriles is 1. The van der Waals surface area contributed by atoms with Crippen molar-refractivity contribution in [2.24, 2.45) is 5.92 Å². The molecule has 0 fully saturated rings. The number of aromatic amines is 1. The molecule has 0 aliphatic carbocycles. The minimum atomic E-state index is -1.04. The van der Waals surface area contributed by atoms with Crippen LogP contribution in [0.3, 0.4) is 0 Å². The second-order valence-electron chi connectivity index (χ2n) is 9.40. The van der Waals surface area contributed by atoms with Crippen LogP contribution in [0.5, 0.6) is 0 Å². The number of carboxylic acid groups (broad SMARTS) is 1. The van der Waals surface area contributed by atoms with Crippen molar-refractivity contribution in [3.05, 3.63) is 96.3 Å². The molecular formula is C29H29N5O3. The molecule has 0 bridgehead atoms. The number of H-pyrrole nitrogens is 1. The van der Waals surface area contributed by atoms with Gasteiger partial charge in [0.25, 0.3) is 0 Å². The van der Waals surface area contributed by atoms with Crippen LogP contribution in [0.4, 0.5) is 0 Å². The maximum atomic E-state index is 13.3. The van der Waals surface area contributed by atoms with Crippen molar-refractivity contribution in [3.8, 4) is 22.9 Å². The molecule has 0 aliphatic heterocycles. The van der Waals surface area contributed by atoms with Crippen LogP contribution in [-0.4, -0.2) is 31.5 Å². The molecule has 2 aromatic carbocycles. The first-order chi connectivity index (χ1) is 17.8. The Bertz CT molecular complexity index is 1380. The summed E-state index contributed by atoms with van der Waals surface area (Å²) in [5.41, 5.74) is 4.13. The van der Waals surface area contributed by atoms with Gasteiger partial charge in [-0.1, -0.05) is 38.1 Å². The van der Waals surface area contributed by atoms with E-state index in [0.717, 1.165) is 16.8 Å². The van der Waals surface area contributed by atoms with Crippen LogP contribution in [0, 0.1) is 17.2 Å². The van der Waals surface area contributed by atoms with E-state index in [4.69, 9.17) is 5.26 Å². The number of carbonyl (C=O) groups excluding carboxylic acids is 1. The number of carbonyl (C=O) groups is 2. The number of rotatable bonds is 10. The molecule has 8 heteroatoms. The van der Waals surface area contributed by atoms with E-state index in [0.29, 0.717) is 29.3 Å². The second kappa shape index (κ2) is 11.4. The number of nitrogens with one attached hydrogen (secondary N) is 2. The number of aliphatic carboxylic acids is 1. The van der Waals surface area contributed by atoms with Crippen molar-refractivity contribution in [2.75, 3.05) is 0 Å². The van der Waals surface area contributed by atoms with Crippen LogP contribution in [0.15, 0.2) is 79.4 Å². The molecular weight excluding hydrogens is 466 g/mol. The zero-order valence-electron chi connectivity index (χ0n) is 20.8. The molecule has 188 valence electrons. The van der Waals surface area contributed by atoms with Crippen LogP contribution < -0.4 is 5.32 Å². The van der Waals surface area contributed by atoms with Gasteiger partial charge in [-0.15, -0.1) is 0 Å². The Balaban J connectivity index is 1.54. The van der Waals surface area contributed by atoms with Crippen LogP contribution in [0.2, 0.25) is 0 Å². The molecule has 1 amide bonds. The standard InChI is InChI=1S/C29H29N5O3/c1-19(2)15-26(28-31-12-13-32-28)33-29(37)25(16-27(35)36)23-11-14-34(18-23)24-9-7-22(8-10-24)21-5-3-20(17-30)4-6-21/h3-14,18-19,25-26H,15-16H2,1-2H3,(H,31,32)(H,33,37)(H,35,36)/t25-,26-/m0/s1. The van der Waals surface area contributed by atoms with Gasteiger partial charge in [-0.05, 0) is 59.4 Å². The van der Waals surface area contributed by atoms with Gasteiger partial charge in [0.2, 0.25) is 5.91 Å². The fraction of sp³-hybridized carbons (Fsp3) is 0.241. The van der Waals surface area contributed by atoms with Crippen LogP contribution in [-0.2, 0) is 9.59 Å². The number of amides is 1. The first kappa shape index (κ1) is 25.5. The molecule has 0 aliphatic rings. The second-order valence-corrected chi connectivity index (χ2v) is 9.40. The normalized spacial score (nSPS) is 12.6. The average molecular weight is 496 g/mol. The lowest BCUT2D eigenvalue weighted by atomic mass is 9.95. The van der Waals surface area contributed by atoms with E-state index in [2.05, 4.69) is 35.2 Å². The Hall–Kier alpha value is -4.64. The Labute approximate surface area is 215 Å². The summed E-state index contributed by atoms with van der Waals surface area (Å²) in [5.74, 6) is -1.28. The van der Waals surface area contributed by atoms with E-state index in [-0.39, 0.29) is 18.4 Å². The zero-order valence-corrected chi connectivity index (χ0v) is 20.8. The third-order valence-electron chi connectivity index (χ3n) is 6.20. The van der Waals surface area contributed by atoms with Gasteiger partial charge in [0, 0.05) is 30.5 Å². The minimum absolute atomic E-state index is 0.307. The van der Waals surface area contributed by atoms with Crippen molar-refractivity contribution in [2.45, 2.75) is 38.6 Å². The van der Waals surface area contributed by atoms with Crippen molar-refractivity contribution < 1.29 is 14.7 Å². The highest BCUT2D eigenvalue weighted by Gasteiger charge is 2.28. The van der Waals surface area contributed by atoms with Gasteiger partial charge in [0.15, 0.2) is 0 Å². The molecule has 2 aromatic heterocycles. The van der Waals surface area contributed by atoms with Gasteiger partial charge in [-0.2, -0.15) is 5.26 Å². The number of benzene rings is 2. The van der Waals surface area contributed by atoms with Gasteiger partial charge in [0.05, 0.1) is 30.0 Å². The highest BCUT2D eigenvalue weighted by molar-refractivity contribution is 5.88. The number of carboxylic acids is 1. The Kier molecular flexibility index (Phi) is 7.84. The highest BCUT2D eigenvalue weighted by atomic mass is 16.4. The first-order valence-electron chi connectivity index (χ1n) is 12.1. The molecule has 3 N–H and O–H groups in total. The third kappa shape index (κ3) is 6.33. The number of hydrogen-bond donors (Lipinski definition) is 3. The van der Waals surface area contributed by atoms with Gasteiger partial charge >= 0.3 is 5.97 Å². The summed E-state index contributed by atoms with van der Waals surface area (Å²) in [6.07, 6.45) is 7.32. The zero-order chi connectivity index (χ0) is 26.4. The number of aromatic nitrogens is 3. The van der Waals surface area contributed by atoms with Crippen LogP contribution >= 0.6 is 0 Å². The monoisotopic (exact) mass is 495 g/mol. The van der Waals surface area contributed by atoms with Crippen molar-refractivity contribution in [3.63, 3.8) is 0 Å². The van der Waals surface area contributed by atoms with E-state index in [1.807, 2.05) is 47.2 Å². The lowest BCUT2D eigenvalue weighted by Crippen LogP contribution is -2.35. The summed E-state index contributed by atoms with van der Waals surface area (Å²) in [5, 5.41) is 21.5. The molecule has 8 nitrogen and oxygen atoms in total. The maximum Gasteiger partial charge on any atom is 0.304 e. The summed E-state index contributed by atoms with van der Waals surface area (Å²) in [4.78, 5) is 32.3.